The van der Waals surface area contributed by atoms with E-state index in [0.29, 0.717) is 11.8 Å². The lowest BCUT2D eigenvalue weighted by Gasteiger charge is -2.27. The van der Waals surface area contributed by atoms with Gasteiger partial charge in [-0.1, -0.05) is 139 Å². The normalized spacial score (nSPS) is 12.3. The minimum atomic E-state index is 0.457. The molecule has 0 N–H and O–H groups in total. The van der Waals surface area contributed by atoms with Gasteiger partial charge in [-0.25, -0.2) is 0 Å². The summed E-state index contributed by atoms with van der Waals surface area (Å²) in [5, 5.41) is 10.4. The van der Waals surface area contributed by atoms with E-state index >= 15 is 0 Å². The van der Waals surface area contributed by atoms with Crippen molar-refractivity contribution in [3.8, 4) is 0 Å². The number of nitrogens with zero attached hydrogens (tertiary/aromatic N) is 4. The van der Waals surface area contributed by atoms with Gasteiger partial charge >= 0.3 is 0 Å². The highest BCUT2D eigenvalue weighted by Crippen LogP contribution is 2.51. The Morgan fingerprint density at radius 3 is 1.12 bits per heavy atom. The van der Waals surface area contributed by atoms with Crippen LogP contribution >= 0.6 is 0 Å². The summed E-state index contributed by atoms with van der Waals surface area (Å²) < 4.78 is 5.20. The third-order valence-electron chi connectivity index (χ3n) is 15.9. The number of aryl methyl sites for hydroxylation is 2. The first-order valence-corrected chi connectivity index (χ1v) is 26.6. The van der Waals surface area contributed by atoms with Gasteiger partial charge in [0.15, 0.2) is 0 Å². The average Bonchev–Trinajstić information content (AvgIpc) is 4.14. The Balaban J connectivity index is 1.11. The van der Waals surface area contributed by atoms with E-state index in [-0.39, 0.29) is 0 Å². The van der Waals surface area contributed by atoms with Crippen LogP contribution in [0.3, 0.4) is 0 Å². The molecule has 4 aromatic heterocycles. The summed E-state index contributed by atoms with van der Waals surface area (Å²) >= 11 is 0. The van der Waals surface area contributed by atoms with Gasteiger partial charge in [0.05, 0.1) is 44.5 Å². The van der Waals surface area contributed by atoms with Crippen molar-refractivity contribution in [1.29, 1.82) is 0 Å². The second-order valence-electron chi connectivity index (χ2n) is 21.0. The van der Waals surface area contributed by atoms with Gasteiger partial charge in [0.1, 0.15) is 0 Å². The molecule has 72 heavy (non-hydrogen) atoms. The lowest BCUT2D eigenvalue weighted by Crippen LogP contribution is -2.10. The van der Waals surface area contributed by atoms with Crippen LogP contribution < -0.4 is 9.80 Å². The number of rotatable bonds is 14. The van der Waals surface area contributed by atoms with Crippen LogP contribution in [0.1, 0.15) is 101 Å². The predicted octanol–water partition coefficient (Wildman–Crippen LogP) is 19.9. The zero-order valence-corrected chi connectivity index (χ0v) is 42.5. The summed E-state index contributed by atoms with van der Waals surface area (Å²) in [5.41, 5.74) is 20.1. The highest BCUT2D eigenvalue weighted by atomic mass is 15.2. The first-order chi connectivity index (χ1) is 35.3. The maximum Gasteiger partial charge on any atom is 0.0641 e. The van der Waals surface area contributed by atoms with Crippen LogP contribution in [0.2, 0.25) is 0 Å². The van der Waals surface area contributed by atoms with Crippen LogP contribution in [-0.2, 0) is 12.8 Å². The number of hydrogen-bond acceptors (Lipinski definition) is 2. The van der Waals surface area contributed by atoms with Gasteiger partial charge in [-0.2, -0.15) is 0 Å². The summed E-state index contributed by atoms with van der Waals surface area (Å²) in [7, 11) is 0. The summed E-state index contributed by atoms with van der Waals surface area (Å²) in [6, 6.07) is 69.6. The molecule has 4 heteroatoms. The highest BCUT2D eigenvalue weighted by Gasteiger charge is 2.28. The molecule has 0 bridgehead atoms. The molecule has 0 atom stereocenters. The first kappa shape index (κ1) is 44.1. The van der Waals surface area contributed by atoms with Gasteiger partial charge < -0.3 is 18.6 Å². The number of unbranched alkanes of at least 4 members (excludes halogenated alkanes) is 2. The molecule has 0 saturated heterocycles. The van der Waals surface area contributed by atoms with Gasteiger partial charge in [0.2, 0.25) is 0 Å². The van der Waals surface area contributed by atoms with Gasteiger partial charge in [-0.05, 0) is 157 Å². The molecule has 0 aliphatic rings. The van der Waals surface area contributed by atoms with Crippen LogP contribution in [0.15, 0.2) is 182 Å². The molecule has 0 aliphatic carbocycles. The molecule has 0 unspecified atom stereocenters. The number of benzene rings is 9. The van der Waals surface area contributed by atoms with E-state index in [9.17, 15) is 0 Å². The third kappa shape index (κ3) is 6.86. The fraction of sp³-hybridized carbons (Fsp3) is 0.206. The quantitative estimate of drug-likeness (QED) is 0.108. The summed E-state index contributed by atoms with van der Waals surface area (Å²) in [6.07, 6.45) is 6.83. The lowest BCUT2D eigenvalue weighted by atomic mass is 9.99. The molecule has 9 aromatic carbocycles. The monoisotopic (exact) mass is 934 g/mol. The minimum Gasteiger partial charge on any atom is -0.310 e. The second-order valence-corrected chi connectivity index (χ2v) is 21.0. The van der Waals surface area contributed by atoms with E-state index in [1.807, 2.05) is 0 Å². The van der Waals surface area contributed by atoms with Crippen LogP contribution in [-0.4, -0.2) is 8.80 Å². The van der Waals surface area contributed by atoms with Crippen molar-refractivity contribution in [3.05, 3.63) is 204 Å². The van der Waals surface area contributed by atoms with E-state index < -0.39 is 0 Å². The standard InChI is InChI=1S/C68H62N4/c1-7-9-17-45-23-35-59-57(39-45)65-61(69(49-19-13-11-14-20-49)51-29-25-47(26-30-51)43(3)4)37-33-53-55-42-64-56(41-63(55)71(59)67(53)65)54-34-38-62(66-58-40-46(18-10-8-2)24-36-60(58)72(64)68(54)66)70(50-21-15-12-16-22-50)52-31-27-48(28-32-52)44(5)6/h11-16,19-44H,7-10,17-18H2,1-6H3. The molecule has 13 aromatic rings. The molecule has 354 valence electrons. The maximum absolute atomic E-state index is 2.60. The number of aromatic nitrogens is 2. The van der Waals surface area contributed by atoms with Crippen molar-refractivity contribution in [2.24, 2.45) is 0 Å². The molecular formula is C68H62N4. The molecule has 0 aliphatic heterocycles. The van der Waals surface area contributed by atoms with Gasteiger partial charge in [0, 0.05) is 65.8 Å². The Morgan fingerprint density at radius 1 is 0.361 bits per heavy atom. The minimum absolute atomic E-state index is 0.457. The van der Waals surface area contributed by atoms with Crippen molar-refractivity contribution in [2.75, 3.05) is 9.80 Å². The second kappa shape index (κ2) is 17.5. The zero-order valence-electron chi connectivity index (χ0n) is 42.5. The number of fused-ring (bicyclic) bond motifs is 12. The van der Waals surface area contributed by atoms with Crippen molar-refractivity contribution >= 4 is 110 Å². The predicted molar refractivity (Wildman–Crippen MR) is 311 cm³/mol. The Labute approximate surface area is 423 Å². The van der Waals surface area contributed by atoms with E-state index in [1.54, 1.807) is 0 Å². The van der Waals surface area contributed by atoms with Crippen LogP contribution in [0.4, 0.5) is 34.1 Å². The third-order valence-corrected chi connectivity index (χ3v) is 15.9. The summed E-state index contributed by atoms with van der Waals surface area (Å²) in [5.74, 6) is 0.914. The number of anilines is 6. The van der Waals surface area contributed by atoms with E-state index in [0.717, 1.165) is 35.6 Å². The topological polar surface area (TPSA) is 15.3 Å². The van der Waals surface area contributed by atoms with Crippen molar-refractivity contribution in [2.45, 2.75) is 91.9 Å². The molecule has 0 saturated carbocycles. The molecule has 4 nitrogen and oxygen atoms in total. The fourth-order valence-corrected chi connectivity index (χ4v) is 12.1. The fourth-order valence-electron chi connectivity index (χ4n) is 12.1. The summed E-state index contributed by atoms with van der Waals surface area (Å²) in [6.45, 7) is 13.7. The van der Waals surface area contributed by atoms with Crippen LogP contribution in [0.25, 0.3) is 76.2 Å². The molecule has 0 spiro atoms. The van der Waals surface area contributed by atoms with Crippen molar-refractivity contribution < 1.29 is 0 Å². The summed E-state index contributed by atoms with van der Waals surface area (Å²) in [4.78, 5) is 4.97. The first-order valence-electron chi connectivity index (χ1n) is 26.6. The van der Waals surface area contributed by atoms with E-state index in [1.165, 1.54) is 136 Å². The molecule has 0 fully saturated rings. The molecule has 0 amide bonds. The van der Waals surface area contributed by atoms with Crippen molar-refractivity contribution in [1.82, 2.24) is 8.80 Å². The molecule has 0 radical (unpaired) electrons. The van der Waals surface area contributed by atoms with Gasteiger partial charge in [-0.3, -0.25) is 0 Å². The highest BCUT2D eigenvalue weighted by molar-refractivity contribution is 6.32. The average molecular weight is 935 g/mol. The number of hydrogen-bond donors (Lipinski definition) is 0. The molecule has 4 heterocycles. The molecular weight excluding hydrogens is 873 g/mol. The number of para-hydroxylation sites is 2. The molecule has 13 rings (SSSR count). The Bertz CT molecular complexity index is 3830. The zero-order chi connectivity index (χ0) is 48.8. The smallest absolute Gasteiger partial charge is 0.0641 e. The maximum atomic E-state index is 2.60. The Hall–Kier alpha value is -7.82. The Morgan fingerprint density at radius 2 is 0.750 bits per heavy atom. The van der Waals surface area contributed by atoms with Crippen LogP contribution in [0, 0.1) is 0 Å². The van der Waals surface area contributed by atoms with Gasteiger partial charge in [-0.15, -0.1) is 0 Å². The van der Waals surface area contributed by atoms with Gasteiger partial charge in [0.25, 0.3) is 0 Å². The lowest BCUT2D eigenvalue weighted by molar-refractivity contribution is 0.796. The SMILES string of the molecule is CCCCc1ccc2c(c1)c1c(N(c3ccccc3)c3ccc(C(C)C)cc3)ccc3c4cc5c(cc4n2c31)c1ccc(N(c2ccccc2)c2ccc(C(C)C)cc2)c2c3cc(CCCC)ccc3n5c12. The largest absolute Gasteiger partial charge is 0.310 e. The van der Waals surface area contributed by atoms with Crippen molar-refractivity contribution in [3.63, 3.8) is 0 Å². The Kier molecular flexibility index (Phi) is 10.7. The van der Waals surface area contributed by atoms with Crippen LogP contribution in [0.5, 0.6) is 0 Å². The van der Waals surface area contributed by atoms with E-state index in [2.05, 4.69) is 242 Å². The van der Waals surface area contributed by atoms with E-state index in [4.69, 9.17) is 0 Å².